The second-order valence-electron chi connectivity index (χ2n) is 4.37. The van der Waals surface area contributed by atoms with E-state index in [1.807, 2.05) is 32.0 Å². The Kier molecular flexibility index (Phi) is 6.50. The van der Waals surface area contributed by atoms with E-state index in [2.05, 4.69) is 27.7 Å². The molecular weight excluding hydrogens is 238 g/mol. The molecule has 1 aromatic carbocycles. The van der Waals surface area contributed by atoms with Crippen molar-refractivity contribution < 1.29 is 4.79 Å². The van der Waals surface area contributed by atoms with E-state index in [9.17, 15) is 4.79 Å². The summed E-state index contributed by atoms with van der Waals surface area (Å²) < 4.78 is 0. The van der Waals surface area contributed by atoms with Crippen molar-refractivity contribution in [1.29, 1.82) is 0 Å². The summed E-state index contributed by atoms with van der Waals surface area (Å²) >= 11 is 0. The number of rotatable bonds is 6. The lowest BCUT2D eigenvalue weighted by atomic mass is 10.1. The number of carbonyl (C=O) groups excluding carboxylic acids is 1. The highest BCUT2D eigenvalue weighted by molar-refractivity contribution is 6.38. The van der Waals surface area contributed by atoms with Crippen LogP contribution in [0.1, 0.15) is 32.3 Å². The minimum atomic E-state index is -0.155. The summed E-state index contributed by atoms with van der Waals surface area (Å²) in [4.78, 5) is 11.6. The molecule has 4 nitrogen and oxygen atoms in total. The summed E-state index contributed by atoms with van der Waals surface area (Å²) in [6.45, 7) is 3.93. The molecule has 0 saturated carbocycles. The van der Waals surface area contributed by atoms with Crippen LogP contribution < -0.4 is 5.32 Å². The molecule has 0 saturated heterocycles. The van der Waals surface area contributed by atoms with Crippen LogP contribution in [0.2, 0.25) is 0 Å². The first-order valence-electron chi connectivity index (χ1n) is 6.53. The highest BCUT2D eigenvalue weighted by Gasteiger charge is 2.07. The van der Waals surface area contributed by atoms with Gasteiger partial charge in [0.15, 0.2) is 0 Å². The Morgan fingerprint density at radius 2 is 1.89 bits per heavy atom. The average Bonchev–Trinajstić information content (AvgIpc) is 2.43. The molecule has 0 aromatic heterocycles. The lowest BCUT2D eigenvalue weighted by Crippen LogP contribution is -2.27. The quantitative estimate of drug-likeness (QED) is 0.619. The molecule has 1 rings (SSSR count). The van der Waals surface area contributed by atoms with E-state index in [0.717, 1.165) is 18.6 Å². The van der Waals surface area contributed by atoms with Gasteiger partial charge in [-0.3, -0.25) is 4.79 Å². The maximum Gasteiger partial charge on any atom is 0.267 e. The van der Waals surface area contributed by atoms with E-state index in [0.29, 0.717) is 12.1 Å². The Morgan fingerprint density at radius 1 is 1.21 bits per heavy atom. The first-order chi connectivity index (χ1) is 9.17. The molecule has 1 aromatic rings. The van der Waals surface area contributed by atoms with E-state index < -0.39 is 0 Å². The van der Waals surface area contributed by atoms with E-state index in [1.54, 1.807) is 7.05 Å². The fraction of sp³-hybridized carbons (Fsp3) is 0.400. The molecule has 0 aliphatic heterocycles. The fourth-order valence-electron chi connectivity index (χ4n) is 1.66. The van der Waals surface area contributed by atoms with E-state index in [-0.39, 0.29) is 5.91 Å². The van der Waals surface area contributed by atoms with Gasteiger partial charge < -0.3 is 5.32 Å². The van der Waals surface area contributed by atoms with Gasteiger partial charge >= 0.3 is 0 Å². The summed E-state index contributed by atoms with van der Waals surface area (Å²) in [5.74, 6) is -0.155. The van der Waals surface area contributed by atoms with Crippen LogP contribution >= 0.6 is 0 Å². The number of hydrogen-bond donors (Lipinski definition) is 1. The molecule has 0 aliphatic rings. The summed E-state index contributed by atoms with van der Waals surface area (Å²) in [5, 5.41) is 10.8. The molecular formula is C15H21N3O. The van der Waals surface area contributed by atoms with Crippen molar-refractivity contribution in [2.45, 2.75) is 33.1 Å². The van der Waals surface area contributed by atoms with Crippen molar-refractivity contribution >= 4 is 17.3 Å². The van der Waals surface area contributed by atoms with Crippen molar-refractivity contribution in [1.82, 2.24) is 5.32 Å². The normalized spacial score (nSPS) is 12.4. The molecule has 1 N–H and O–H groups in total. The molecule has 0 atom stereocenters. The number of nitrogens with one attached hydrogen (secondary N) is 1. The lowest BCUT2D eigenvalue weighted by Gasteiger charge is -2.02. The molecule has 1 amide bonds. The Morgan fingerprint density at radius 3 is 2.47 bits per heavy atom. The molecule has 0 spiro atoms. The molecule has 102 valence electrons. The highest BCUT2D eigenvalue weighted by Crippen LogP contribution is 2.02. The fourth-order valence-corrected chi connectivity index (χ4v) is 1.66. The van der Waals surface area contributed by atoms with Crippen molar-refractivity contribution in [3.63, 3.8) is 0 Å². The van der Waals surface area contributed by atoms with Crippen LogP contribution in [0.3, 0.4) is 0 Å². The number of benzene rings is 1. The van der Waals surface area contributed by atoms with Gasteiger partial charge in [-0.25, -0.2) is 0 Å². The minimum Gasteiger partial charge on any atom is -0.354 e. The zero-order valence-corrected chi connectivity index (χ0v) is 11.8. The van der Waals surface area contributed by atoms with Crippen LogP contribution in [0.25, 0.3) is 0 Å². The monoisotopic (exact) mass is 259 g/mol. The average molecular weight is 259 g/mol. The van der Waals surface area contributed by atoms with E-state index in [4.69, 9.17) is 0 Å². The lowest BCUT2D eigenvalue weighted by molar-refractivity contribution is -0.114. The molecule has 0 fully saturated rings. The van der Waals surface area contributed by atoms with Crippen LogP contribution in [-0.2, 0) is 11.2 Å². The largest absolute Gasteiger partial charge is 0.354 e. The van der Waals surface area contributed by atoms with Gasteiger partial charge in [0.1, 0.15) is 5.71 Å². The first-order valence-corrected chi connectivity index (χ1v) is 6.53. The third-order valence-corrected chi connectivity index (χ3v) is 2.62. The second-order valence-corrected chi connectivity index (χ2v) is 4.37. The van der Waals surface area contributed by atoms with Crippen molar-refractivity contribution in [3.05, 3.63) is 35.9 Å². The Balaban J connectivity index is 2.73. The van der Waals surface area contributed by atoms with Gasteiger partial charge in [0, 0.05) is 19.2 Å². The number of amides is 1. The SMILES string of the molecule is CCC/C(=N\N=C(/C)Cc1ccccc1)C(=O)NC. The van der Waals surface area contributed by atoms with Gasteiger partial charge in [-0.15, -0.1) is 5.10 Å². The highest BCUT2D eigenvalue weighted by atomic mass is 16.1. The topological polar surface area (TPSA) is 53.8 Å². The third-order valence-electron chi connectivity index (χ3n) is 2.62. The zero-order valence-electron chi connectivity index (χ0n) is 11.8. The Hall–Kier alpha value is -1.97. The predicted octanol–water partition coefficient (Wildman–Crippen LogP) is 2.59. The van der Waals surface area contributed by atoms with Crippen LogP contribution in [0.15, 0.2) is 40.5 Å². The van der Waals surface area contributed by atoms with Crippen molar-refractivity contribution in [3.8, 4) is 0 Å². The Bertz CT molecular complexity index is 464. The molecule has 0 unspecified atom stereocenters. The third kappa shape index (κ3) is 5.46. The first kappa shape index (κ1) is 15.1. The molecule has 0 aliphatic carbocycles. The molecule has 19 heavy (non-hydrogen) atoms. The molecule has 4 heteroatoms. The van der Waals surface area contributed by atoms with Crippen LogP contribution in [0.5, 0.6) is 0 Å². The summed E-state index contributed by atoms with van der Waals surface area (Å²) in [5.41, 5.74) is 2.57. The van der Waals surface area contributed by atoms with Crippen molar-refractivity contribution in [2.75, 3.05) is 7.05 Å². The summed E-state index contributed by atoms with van der Waals surface area (Å²) in [6.07, 6.45) is 2.26. The molecule has 0 radical (unpaired) electrons. The zero-order chi connectivity index (χ0) is 14.1. The number of nitrogens with zero attached hydrogens (tertiary/aromatic N) is 2. The predicted molar refractivity (Wildman–Crippen MR) is 79.7 cm³/mol. The molecule has 0 heterocycles. The van der Waals surface area contributed by atoms with Crippen LogP contribution in [0.4, 0.5) is 0 Å². The minimum absolute atomic E-state index is 0.155. The molecule has 0 bridgehead atoms. The smallest absolute Gasteiger partial charge is 0.267 e. The van der Waals surface area contributed by atoms with Gasteiger partial charge in [0.2, 0.25) is 0 Å². The van der Waals surface area contributed by atoms with Gasteiger partial charge in [0.25, 0.3) is 5.91 Å². The van der Waals surface area contributed by atoms with Crippen LogP contribution in [0, 0.1) is 0 Å². The number of hydrogen-bond acceptors (Lipinski definition) is 3. The van der Waals surface area contributed by atoms with Gasteiger partial charge in [0.05, 0.1) is 0 Å². The van der Waals surface area contributed by atoms with Gasteiger partial charge in [-0.1, -0.05) is 43.7 Å². The van der Waals surface area contributed by atoms with E-state index in [1.165, 1.54) is 5.56 Å². The summed E-state index contributed by atoms with van der Waals surface area (Å²) in [6, 6.07) is 10.1. The Labute approximate surface area is 114 Å². The van der Waals surface area contributed by atoms with E-state index >= 15 is 0 Å². The number of carbonyl (C=O) groups is 1. The summed E-state index contributed by atoms with van der Waals surface area (Å²) in [7, 11) is 1.61. The van der Waals surface area contributed by atoms with Crippen LogP contribution in [-0.4, -0.2) is 24.4 Å². The maximum atomic E-state index is 11.6. The van der Waals surface area contributed by atoms with Crippen molar-refractivity contribution in [2.24, 2.45) is 10.2 Å². The standard InChI is InChI=1S/C15H21N3O/c1-4-8-14(15(19)16-3)18-17-12(2)11-13-9-6-5-7-10-13/h5-7,9-10H,4,8,11H2,1-3H3,(H,16,19)/b17-12+,18-14+. The van der Waals surface area contributed by atoms with Gasteiger partial charge in [-0.2, -0.15) is 5.10 Å². The second kappa shape index (κ2) is 8.19. The van der Waals surface area contributed by atoms with Gasteiger partial charge in [-0.05, 0) is 18.9 Å². The maximum absolute atomic E-state index is 11.6.